The zero-order valence-electron chi connectivity index (χ0n) is 21.9. The number of pyridine rings is 1. The Morgan fingerprint density at radius 1 is 0.488 bits per heavy atom. The Balaban J connectivity index is 1.23. The predicted molar refractivity (Wildman–Crippen MR) is 170 cm³/mol. The summed E-state index contributed by atoms with van der Waals surface area (Å²) in [5, 5.41) is 4.32. The molecule has 3 heterocycles. The molecule has 0 aliphatic rings. The van der Waals surface area contributed by atoms with Crippen LogP contribution in [0.3, 0.4) is 0 Å². The van der Waals surface area contributed by atoms with E-state index in [1.807, 2.05) is 36.5 Å². The van der Waals surface area contributed by atoms with Gasteiger partial charge in [-0.3, -0.25) is 0 Å². The van der Waals surface area contributed by atoms with Crippen molar-refractivity contribution in [3.63, 3.8) is 0 Å². The maximum absolute atomic E-state index is 5.10. The van der Waals surface area contributed by atoms with E-state index in [0.29, 0.717) is 0 Å². The highest BCUT2D eigenvalue weighted by Crippen LogP contribution is 2.35. The minimum atomic E-state index is 0.728. The van der Waals surface area contributed by atoms with E-state index in [9.17, 15) is 0 Å². The smallest absolute Gasteiger partial charge is 0.160 e. The zero-order valence-corrected chi connectivity index (χ0v) is 22.7. The van der Waals surface area contributed by atoms with Crippen LogP contribution in [-0.2, 0) is 0 Å². The second kappa shape index (κ2) is 9.73. The largest absolute Gasteiger partial charge is 0.244 e. The SMILES string of the molecule is c1ccc(-c2nc(-c3ccc(-c4cccc(-c5nc6cccnc6s5)c4)cc3)c3ccc4ccccc4c3n2)cc1. The van der Waals surface area contributed by atoms with Crippen molar-refractivity contribution in [1.29, 1.82) is 0 Å². The van der Waals surface area contributed by atoms with Crippen LogP contribution in [0.15, 0.2) is 134 Å². The summed E-state index contributed by atoms with van der Waals surface area (Å²) in [7, 11) is 0. The molecule has 5 heteroatoms. The average molecular weight is 543 g/mol. The molecule has 0 saturated carbocycles. The van der Waals surface area contributed by atoms with Crippen LogP contribution in [0.4, 0.5) is 0 Å². The van der Waals surface area contributed by atoms with Crippen LogP contribution in [-0.4, -0.2) is 19.9 Å². The number of aromatic nitrogens is 4. The number of nitrogens with zero attached hydrogens (tertiary/aromatic N) is 4. The summed E-state index contributed by atoms with van der Waals surface area (Å²) in [5.74, 6) is 0.728. The molecule has 5 aromatic carbocycles. The molecule has 0 amide bonds. The van der Waals surface area contributed by atoms with Crippen molar-refractivity contribution in [3.8, 4) is 44.3 Å². The molecule has 0 N–H and O–H groups in total. The molecule has 8 aromatic rings. The number of fused-ring (bicyclic) bond motifs is 4. The predicted octanol–water partition coefficient (Wildman–Crippen LogP) is 9.46. The van der Waals surface area contributed by atoms with Gasteiger partial charge < -0.3 is 0 Å². The molecule has 0 saturated heterocycles. The van der Waals surface area contributed by atoms with Gasteiger partial charge in [-0.1, -0.05) is 114 Å². The normalized spacial score (nSPS) is 11.4. The number of rotatable bonds is 4. The number of thiazole rings is 1. The lowest BCUT2D eigenvalue weighted by Gasteiger charge is -2.12. The Morgan fingerprint density at radius 3 is 2.15 bits per heavy atom. The van der Waals surface area contributed by atoms with Crippen molar-refractivity contribution >= 4 is 43.4 Å². The highest BCUT2D eigenvalue weighted by molar-refractivity contribution is 7.21. The van der Waals surface area contributed by atoms with Crippen molar-refractivity contribution < 1.29 is 0 Å². The summed E-state index contributed by atoms with van der Waals surface area (Å²) >= 11 is 1.62. The van der Waals surface area contributed by atoms with Crippen molar-refractivity contribution in [2.24, 2.45) is 0 Å². The van der Waals surface area contributed by atoms with Gasteiger partial charge in [-0.15, -0.1) is 0 Å². The first-order chi connectivity index (χ1) is 20.3. The quantitative estimate of drug-likeness (QED) is 0.208. The first-order valence-corrected chi connectivity index (χ1v) is 14.3. The molecule has 192 valence electrons. The molecule has 41 heavy (non-hydrogen) atoms. The number of hydrogen-bond donors (Lipinski definition) is 0. The molecule has 4 nitrogen and oxygen atoms in total. The lowest BCUT2D eigenvalue weighted by Crippen LogP contribution is -1.96. The van der Waals surface area contributed by atoms with Gasteiger partial charge in [0.1, 0.15) is 15.4 Å². The molecule has 3 aromatic heterocycles. The topological polar surface area (TPSA) is 51.6 Å². The van der Waals surface area contributed by atoms with E-state index >= 15 is 0 Å². The molecule has 0 fully saturated rings. The van der Waals surface area contributed by atoms with Crippen molar-refractivity contribution in [2.45, 2.75) is 0 Å². The third kappa shape index (κ3) is 4.24. The molecule has 8 rings (SSSR count). The Hall–Kier alpha value is -5.26. The van der Waals surface area contributed by atoms with Gasteiger partial charge in [-0.25, -0.2) is 19.9 Å². The fourth-order valence-electron chi connectivity index (χ4n) is 5.35. The Morgan fingerprint density at radius 2 is 1.27 bits per heavy atom. The van der Waals surface area contributed by atoms with Crippen molar-refractivity contribution in [1.82, 2.24) is 19.9 Å². The van der Waals surface area contributed by atoms with Gasteiger partial charge in [0.15, 0.2) is 5.82 Å². The highest BCUT2D eigenvalue weighted by atomic mass is 32.1. The van der Waals surface area contributed by atoms with E-state index < -0.39 is 0 Å². The van der Waals surface area contributed by atoms with Crippen molar-refractivity contribution in [2.75, 3.05) is 0 Å². The number of hydrogen-bond acceptors (Lipinski definition) is 5. The molecular weight excluding hydrogens is 520 g/mol. The van der Waals surface area contributed by atoms with E-state index in [-0.39, 0.29) is 0 Å². The van der Waals surface area contributed by atoms with Crippen LogP contribution in [0.2, 0.25) is 0 Å². The van der Waals surface area contributed by atoms with Crippen molar-refractivity contribution in [3.05, 3.63) is 134 Å². The van der Waals surface area contributed by atoms with Crippen LogP contribution in [0.25, 0.3) is 76.4 Å². The number of benzene rings is 5. The summed E-state index contributed by atoms with van der Waals surface area (Å²) in [6, 6.07) is 44.0. The van der Waals surface area contributed by atoms with Gasteiger partial charge in [0.2, 0.25) is 0 Å². The van der Waals surface area contributed by atoms with E-state index in [0.717, 1.165) is 71.0 Å². The molecule has 0 unspecified atom stereocenters. The lowest BCUT2D eigenvalue weighted by atomic mass is 9.98. The molecule has 0 bridgehead atoms. The highest BCUT2D eigenvalue weighted by Gasteiger charge is 2.14. The third-order valence-corrected chi connectivity index (χ3v) is 8.42. The molecular formula is C36H22N4S. The van der Waals surface area contributed by atoms with Gasteiger partial charge in [0.05, 0.1) is 11.2 Å². The summed E-state index contributed by atoms with van der Waals surface area (Å²) in [6.07, 6.45) is 1.81. The fraction of sp³-hybridized carbons (Fsp3) is 0. The molecule has 0 atom stereocenters. The van der Waals surface area contributed by atoms with Gasteiger partial charge in [-0.2, -0.15) is 0 Å². The van der Waals surface area contributed by atoms with Gasteiger partial charge in [0.25, 0.3) is 0 Å². The van der Waals surface area contributed by atoms with Crippen LogP contribution in [0, 0.1) is 0 Å². The standard InChI is InChI=1S/C36H22N4S/c1-2-9-26(10-3-1)34-39-32(30-20-19-24-8-4-5-13-29(24)33(30)40-34)25-17-15-23(16-18-25)27-11-6-12-28(22-27)35-38-31-14-7-21-37-36(31)41-35/h1-22H. The van der Waals surface area contributed by atoms with Crippen LogP contribution >= 0.6 is 11.3 Å². The Kier molecular flexibility index (Phi) is 5.61. The zero-order chi connectivity index (χ0) is 27.2. The molecule has 0 aliphatic carbocycles. The minimum Gasteiger partial charge on any atom is -0.244 e. The molecule has 0 spiro atoms. The summed E-state index contributed by atoms with van der Waals surface area (Å²) in [4.78, 5) is 20.4. The second-order valence-electron chi connectivity index (χ2n) is 9.95. The van der Waals surface area contributed by atoms with Gasteiger partial charge >= 0.3 is 0 Å². The maximum atomic E-state index is 5.10. The molecule has 0 aliphatic heterocycles. The van der Waals surface area contributed by atoms with Crippen LogP contribution in [0.1, 0.15) is 0 Å². The van der Waals surface area contributed by atoms with E-state index in [1.165, 1.54) is 5.39 Å². The fourth-order valence-corrected chi connectivity index (χ4v) is 6.25. The van der Waals surface area contributed by atoms with Gasteiger partial charge in [-0.05, 0) is 40.8 Å². The van der Waals surface area contributed by atoms with Crippen LogP contribution in [0.5, 0.6) is 0 Å². The first kappa shape index (κ1) is 23.6. The Bertz CT molecular complexity index is 2170. The Labute approximate surface area is 240 Å². The van der Waals surface area contributed by atoms with Crippen LogP contribution < -0.4 is 0 Å². The summed E-state index contributed by atoms with van der Waals surface area (Å²) in [5.41, 5.74) is 8.27. The van der Waals surface area contributed by atoms with E-state index in [2.05, 4.69) is 102 Å². The summed E-state index contributed by atoms with van der Waals surface area (Å²) < 4.78 is 0. The maximum Gasteiger partial charge on any atom is 0.160 e. The van der Waals surface area contributed by atoms with Gasteiger partial charge in [0, 0.05) is 33.7 Å². The first-order valence-electron chi connectivity index (χ1n) is 13.5. The third-order valence-electron chi connectivity index (χ3n) is 7.39. The lowest BCUT2D eigenvalue weighted by molar-refractivity contribution is 1.23. The van der Waals surface area contributed by atoms with E-state index in [1.54, 1.807) is 11.3 Å². The second-order valence-corrected chi connectivity index (χ2v) is 10.9. The summed E-state index contributed by atoms with van der Waals surface area (Å²) in [6.45, 7) is 0. The monoisotopic (exact) mass is 542 g/mol. The van der Waals surface area contributed by atoms with E-state index in [4.69, 9.17) is 15.0 Å². The average Bonchev–Trinajstić information content (AvgIpc) is 3.49. The molecule has 0 radical (unpaired) electrons. The minimum absolute atomic E-state index is 0.728.